The number of carboxylic acids is 1. The lowest BCUT2D eigenvalue weighted by atomic mass is 10.2. The van der Waals surface area contributed by atoms with Gasteiger partial charge in [0.2, 0.25) is 0 Å². The second-order valence-electron chi connectivity index (χ2n) is 4.21. The minimum atomic E-state index is -1.04. The molecule has 1 aromatic heterocycles. The first kappa shape index (κ1) is 12.7. The molecular formula is C15H8N2O4. The molecule has 0 bridgehead atoms. The second-order valence-corrected chi connectivity index (χ2v) is 4.21. The molecule has 6 heteroatoms. The van der Waals surface area contributed by atoms with Crippen molar-refractivity contribution >= 4 is 17.1 Å². The second kappa shape index (κ2) is 4.98. The van der Waals surface area contributed by atoms with Gasteiger partial charge in [0.1, 0.15) is 11.3 Å². The van der Waals surface area contributed by atoms with E-state index in [1.807, 2.05) is 6.07 Å². The SMILES string of the molecule is N#Cc1ccc(Oc2nc3ccc(C(=O)O)cc3o2)cc1. The van der Waals surface area contributed by atoms with Gasteiger partial charge in [0.15, 0.2) is 5.58 Å². The molecule has 6 nitrogen and oxygen atoms in total. The molecule has 3 rings (SSSR count). The summed E-state index contributed by atoms with van der Waals surface area (Å²) in [7, 11) is 0. The normalized spacial score (nSPS) is 10.2. The van der Waals surface area contributed by atoms with Crippen LogP contribution < -0.4 is 4.74 Å². The van der Waals surface area contributed by atoms with Gasteiger partial charge in [-0.3, -0.25) is 0 Å². The maximum absolute atomic E-state index is 10.9. The first-order valence-corrected chi connectivity index (χ1v) is 5.97. The number of nitrogens with zero attached hydrogens (tertiary/aromatic N) is 2. The van der Waals surface area contributed by atoms with Crippen LogP contribution in [0.4, 0.5) is 0 Å². The van der Waals surface area contributed by atoms with E-state index < -0.39 is 5.97 Å². The Labute approximate surface area is 118 Å². The van der Waals surface area contributed by atoms with Crippen molar-refractivity contribution in [2.75, 3.05) is 0 Å². The molecule has 0 unspecified atom stereocenters. The fraction of sp³-hybridized carbons (Fsp3) is 0. The molecule has 102 valence electrons. The molecule has 0 radical (unpaired) electrons. The quantitative estimate of drug-likeness (QED) is 0.791. The summed E-state index contributed by atoms with van der Waals surface area (Å²) in [6, 6.07) is 12.8. The molecule has 3 aromatic rings. The Hall–Kier alpha value is -3.33. The van der Waals surface area contributed by atoms with Gasteiger partial charge in [0.25, 0.3) is 0 Å². The van der Waals surface area contributed by atoms with E-state index in [0.29, 0.717) is 22.4 Å². The summed E-state index contributed by atoms with van der Waals surface area (Å²) < 4.78 is 10.8. The van der Waals surface area contributed by atoms with Crippen molar-refractivity contribution in [1.82, 2.24) is 4.98 Å². The van der Waals surface area contributed by atoms with Gasteiger partial charge >= 0.3 is 12.0 Å². The third-order valence-electron chi connectivity index (χ3n) is 2.80. The topological polar surface area (TPSA) is 96.3 Å². The third kappa shape index (κ3) is 2.53. The van der Waals surface area contributed by atoms with Crippen molar-refractivity contribution in [3.8, 4) is 17.9 Å². The van der Waals surface area contributed by atoms with Crippen LogP contribution in [0.2, 0.25) is 0 Å². The lowest BCUT2D eigenvalue weighted by Crippen LogP contribution is -1.94. The van der Waals surface area contributed by atoms with Crippen molar-refractivity contribution in [1.29, 1.82) is 5.26 Å². The van der Waals surface area contributed by atoms with E-state index in [1.165, 1.54) is 12.1 Å². The van der Waals surface area contributed by atoms with Gasteiger partial charge < -0.3 is 14.3 Å². The zero-order valence-electron chi connectivity index (χ0n) is 10.6. The molecular weight excluding hydrogens is 272 g/mol. The molecule has 0 aliphatic carbocycles. The number of hydrogen-bond acceptors (Lipinski definition) is 5. The Balaban J connectivity index is 1.90. The van der Waals surface area contributed by atoms with Gasteiger partial charge in [-0.15, -0.1) is 0 Å². The molecule has 21 heavy (non-hydrogen) atoms. The molecule has 0 spiro atoms. The number of carbonyl (C=O) groups is 1. The highest BCUT2D eigenvalue weighted by Gasteiger charge is 2.11. The summed E-state index contributed by atoms with van der Waals surface area (Å²) in [5.74, 6) is -0.568. The molecule has 0 saturated heterocycles. The lowest BCUT2D eigenvalue weighted by molar-refractivity contribution is 0.0697. The van der Waals surface area contributed by atoms with Gasteiger partial charge in [-0.05, 0) is 42.5 Å². The number of carboxylic acid groups (broad SMARTS) is 1. The van der Waals surface area contributed by atoms with Gasteiger partial charge in [0, 0.05) is 0 Å². The Morgan fingerprint density at radius 2 is 2.00 bits per heavy atom. The third-order valence-corrected chi connectivity index (χ3v) is 2.80. The summed E-state index contributed by atoms with van der Waals surface area (Å²) in [6.45, 7) is 0. The highest BCUT2D eigenvalue weighted by atomic mass is 16.6. The molecule has 0 amide bonds. The maximum atomic E-state index is 10.9. The Morgan fingerprint density at radius 1 is 1.24 bits per heavy atom. The minimum Gasteiger partial charge on any atom is -0.478 e. The molecule has 1 N–H and O–H groups in total. The Kier molecular flexibility index (Phi) is 3.01. The van der Waals surface area contributed by atoms with Crippen molar-refractivity contribution in [3.05, 3.63) is 53.6 Å². The summed E-state index contributed by atoms with van der Waals surface area (Å²) >= 11 is 0. The van der Waals surface area contributed by atoms with Gasteiger partial charge in [0.05, 0.1) is 17.2 Å². The predicted octanol–water partition coefficient (Wildman–Crippen LogP) is 3.19. The van der Waals surface area contributed by atoms with E-state index in [1.54, 1.807) is 30.3 Å². The first-order chi connectivity index (χ1) is 10.2. The molecule has 0 atom stereocenters. The number of fused-ring (bicyclic) bond motifs is 1. The van der Waals surface area contributed by atoms with Crippen molar-refractivity contribution < 1.29 is 19.1 Å². The first-order valence-electron chi connectivity index (χ1n) is 5.97. The van der Waals surface area contributed by atoms with Crippen LogP contribution in [0.3, 0.4) is 0 Å². The van der Waals surface area contributed by atoms with Crippen LogP contribution >= 0.6 is 0 Å². The Bertz CT molecular complexity index is 860. The van der Waals surface area contributed by atoms with Gasteiger partial charge in [-0.1, -0.05) is 0 Å². The van der Waals surface area contributed by atoms with Crippen LogP contribution in [0.5, 0.6) is 11.8 Å². The van der Waals surface area contributed by atoms with Crippen LogP contribution in [0, 0.1) is 11.3 Å². The van der Waals surface area contributed by atoms with Crippen molar-refractivity contribution in [2.24, 2.45) is 0 Å². The number of hydrogen-bond donors (Lipinski definition) is 1. The summed E-state index contributed by atoms with van der Waals surface area (Å²) in [4.78, 5) is 15.0. The van der Waals surface area contributed by atoms with E-state index in [4.69, 9.17) is 19.5 Å². The zero-order valence-corrected chi connectivity index (χ0v) is 10.6. The van der Waals surface area contributed by atoms with E-state index in [-0.39, 0.29) is 11.6 Å². The molecule has 0 aliphatic heterocycles. The maximum Gasteiger partial charge on any atom is 0.400 e. The summed E-state index contributed by atoms with van der Waals surface area (Å²) in [5.41, 5.74) is 1.47. The van der Waals surface area contributed by atoms with Crippen LogP contribution in [0.1, 0.15) is 15.9 Å². The fourth-order valence-electron chi connectivity index (χ4n) is 1.78. The van der Waals surface area contributed by atoms with E-state index >= 15 is 0 Å². The fourth-order valence-corrected chi connectivity index (χ4v) is 1.78. The van der Waals surface area contributed by atoms with E-state index in [9.17, 15) is 4.79 Å². The number of aromatic carboxylic acids is 1. The number of aromatic nitrogens is 1. The highest BCUT2D eigenvalue weighted by molar-refractivity contribution is 5.91. The highest BCUT2D eigenvalue weighted by Crippen LogP contribution is 2.26. The van der Waals surface area contributed by atoms with E-state index in [0.717, 1.165) is 0 Å². The summed E-state index contributed by atoms with van der Waals surface area (Å²) in [5, 5.41) is 17.6. The zero-order chi connectivity index (χ0) is 14.8. The average molecular weight is 280 g/mol. The Morgan fingerprint density at radius 3 is 2.67 bits per heavy atom. The smallest absolute Gasteiger partial charge is 0.400 e. The largest absolute Gasteiger partial charge is 0.478 e. The van der Waals surface area contributed by atoms with Gasteiger partial charge in [-0.2, -0.15) is 10.2 Å². The number of ether oxygens (including phenoxy) is 1. The standard InChI is InChI=1S/C15H8N2O4/c16-8-9-1-4-11(5-2-9)20-15-17-12-6-3-10(14(18)19)7-13(12)21-15/h1-7H,(H,18,19). The van der Waals surface area contributed by atoms with Crippen LogP contribution in [-0.2, 0) is 0 Å². The molecule has 0 fully saturated rings. The number of benzene rings is 2. The lowest BCUT2D eigenvalue weighted by Gasteiger charge is -1.99. The number of oxazole rings is 1. The summed E-state index contributed by atoms with van der Waals surface area (Å²) in [6.07, 6.45) is 0.0113. The van der Waals surface area contributed by atoms with Crippen LogP contribution in [0.25, 0.3) is 11.1 Å². The molecule has 0 saturated carbocycles. The monoisotopic (exact) mass is 280 g/mol. The average Bonchev–Trinajstić information content (AvgIpc) is 2.89. The van der Waals surface area contributed by atoms with Crippen molar-refractivity contribution in [3.63, 3.8) is 0 Å². The van der Waals surface area contributed by atoms with E-state index in [2.05, 4.69) is 4.98 Å². The molecule has 2 aromatic carbocycles. The number of rotatable bonds is 3. The van der Waals surface area contributed by atoms with Gasteiger partial charge in [-0.25, -0.2) is 4.79 Å². The van der Waals surface area contributed by atoms with Crippen LogP contribution in [-0.4, -0.2) is 16.1 Å². The van der Waals surface area contributed by atoms with Crippen LogP contribution in [0.15, 0.2) is 46.9 Å². The minimum absolute atomic E-state index is 0.0113. The molecule has 1 heterocycles. The molecule has 0 aliphatic rings. The predicted molar refractivity (Wildman–Crippen MR) is 72.2 cm³/mol. The number of nitriles is 1. The van der Waals surface area contributed by atoms with Crippen molar-refractivity contribution in [2.45, 2.75) is 0 Å².